The number of carbonyl (C=O) groups is 3. The summed E-state index contributed by atoms with van der Waals surface area (Å²) in [7, 11) is 0. The number of rotatable bonds is 6. The third kappa shape index (κ3) is 4.26. The summed E-state index contributed by atoms with van der Waals surface area (Å²) in [5, 5.41) is 5.81. The summed E-state index contributed by atoms with van der Waals surface area (Å²) < 4.78 is 4.97. The number of ether oxygens (including phenoxy) is 1. The van der Waals surface area contributed by atoms with E-state index in [4.69, 9.17) is 4.74 Å². The Balaban J connectivity index is 1.69. The molecule has 0 radical (unpaired) electrons. The predicted octanol–water partition coefficient (Wildman–Crippen LogP) is 3.23. The largest absolute Gasteiger partial charge is 0.462 e. The van der Waals surface area contributed by atoms with Crippen LogP contribution >= 0.6 is 11.3 Å². The molecule has 7 nitrogen and oxygen atoms in total. The molecule has 1 aromatic heterocycles. The molecule has 1 heterocycles. The molecule has 1 aromatic carbocycles. The van der Waals surface area contributed by atoms with Crippen LogP contribution in [0.15, 0.2) is 24.3 Å². The quantitative estimate of drug-likeness (QED) is 0.758. The molecular formula is C18H19N3O4S. The minimum atomic E-state index is -0.451. The first kappa shape index (κ1) is 18.1. The molecular weight excluding hydrogens is 354 g/mol. The Labute approximate surface area is 154 Å². The van der Waals surface area contributed by atoms with Crippen molar-refractivity contribution in [2.24, 2.45) is 5.92 Å². The number of thiazole rings is 1. The van der Waals surface area contributed by atoms with E-state index >= 15 is 0 Å². The summed E-state index contributed by atoms with van der Waals surface area (Å²) in [6.07, 6.45) is 1.83. The van der Waals surface area contributed by atoms with Crippen LogP contribution in [0.4, 0.5) is 10.8 Å². The summed E-state index contributed by atoms with van der Waals surface area (Å²) in [6.45, 7) is 3.69. The summed E-state index contributed by atoms with van der Waals surface area (Å²) in [5.41, 5.74) is 1.48. The van der Waals surface area contributed by atoms with Gasteiger partial charge in [-0.25, -0.2) is 9.78 Å². The van der Waals surface area contributed by atoms with E-state index in [0.29, 0.717) is 27.0 Å². The maximum absolute atomic E-state index is 12.4. The Morgan fingerprint density at radius 2 is 2.04 bits per heavy atom. The van der Waals surface area contributed by atoms with Gasteiger partial charge in [-0.15, -0.1) is 0 Å². The summed E-state index contributed by atoms with van der Waals surface area (Å²) >= 11 is 1.07. The summed E-state index contributed by atoms with van der Waals surface area (Å²) in [5.74, 6) is -0.742. The number of anilines is 2. The molecule has 0 spiro atoms. The van der Waals surface area contributed by atoms with E-state index in [1.807, 2.05) is 0 Å². The lowest BCUT2D eigenvalue weighted by Gasteiger charge is -2.06. The van der Waals surface area contributed by atoms with E-state index in [2.05, 4.69) is 15.6 Å². The fourth-order valence-corrected chi connectivity index (χ4v) is 3.19. The number of hydrogen-bond donors (Lipinski definition) is 2. The number of hydrogen-bond acceptors (Lipinski definition) is 6. The molecule has 2 N–H and O–H groups in total. The molecule has 2 amide bonds. The van der Waals surface area contributed by atoms with Crippen molar-refractivity contribution >= 4 is 39.9 Å². The van der Waals surface area contributed by atoms with Crippen LogP contribution in [-0.4, -0.2) is 29.4 Å². The second-order valence-electron chi connectivity index (χ2n) is 5.95. The zero-order chi connectivity index (χ0) is 18.7. The van der Waals surface area contributed by atoms with Crippen molar-refractivity contribution in [1.82, 2.24) is 4.98 Å². The molecule has 8 heteroatoms. The fraction of sp³-hybridized carbons (Fsp3) is 0.333. The van der Waals surface area contributed by atoms with Crippen LogP contribution in [0.2, 0.25) is 0 Å². The second kappa shape index (κ2) is 7.65. The Kier molecular flexibility index (Phi) is 5.32. The molecule has 1 fully saturated rings. The molecule has 0 bridgehead atoms. The minimum Gasteiger partial charge on any atom is -0.462 e. The number of aromatic nitrogens is 1. The molecule has 0 aliphatic heterocycles. The zero-order valence-electron chi connectivity index (χ0n) is 14.5. The van der Waals surface area contributed by atoms with Crippen molar-refractivity contribution in [2.45, 2.75) is 26.7 Å². The molecule has 0 atom stereocenters. The van der Waals surface area contributed by atoms with Gasteiger partial charge in [-0.3, -0.25) is 14.9 Å². The average Bonchev–Trinajstić information content (AvgIpc) is 3.39. The van der Waals surface area contributed by atoms with Crippen molar-refractivity contribution < 1.29 is 19.1 Å². The molecule has 3 rings (SSSR count). The molecule has 2 aromatic rings. The molecule has 1 saturated carbocycles. The van der Waals surface area contributed by atoms with Gasteiger partial charge in [0.2, 0.25) is 5.91 Å². The van der Waals surface area contributed by atoms with Crippen LogP contribution in [0.5, 0.6) is 0 Å². The van der Waals surface area contributed by atoms with E-state index in [1.165, 1.54) is 0 Å². The van der Waals surface area contributed by atoms with Crippen molar-refractivity contribution in [3.8, 4) is 0 Å². The first-order chi connectivity index (χ1) is 12.5. The van der Waals surface area contributed by atoms with E-state index in [1.54, 1.807) is 38.1 Å². The number of esters is 1. The minimum absolute atomic E-state index is 0.0165. The molecule has 0 unspecified atom stereocenters. The van der Waals surface area contributed by atoms with Crippen molar-refractivity contribution in [2.75, 3.05) is 17.2 Å². The lowest BCUT2D eigenvalue weighted by atomic mass is 10.2. The number of carbonyl (C=O) groups excluding carboxylic acids is 3. The zero-order valence-corrected chi connectivity index (χ0v) is 15.3. The van der Waals surface area contributed by atoms with Gasteiger partial charge in [-0.2, -0.15) is 0 Å². The number of nitrogens with zero attached hydrogens (tertiary/aromatic N) is 1. The Hall–Kier alpha value is -2.74. The van der Waals surface area contributed by atoms with Crippen molar-refractivity contribution in [3.63, 3.8) is 0 Å². The van der Waals surface area contributed by atoms with Crippen LogP contribution in [0.3, 0.4) is 0 Å². The Bertz CT molecular complexity index is 858. The fourth-order valence-electron chi connectivity index (χ4n) is 2.33. The SMILES string of the molecule is CCOC(=O)c1sc(NC(=O)c2cccc(NC(=O)C3CC3)c2)nc1C. The van der Waals surface area contributed by atoms with Gasteiger partial charge in [0.15, 0.2) is 5.13 Å². The topological polar surface area (TPSA) is 97.4 Å². The normalized spacial score (nSPS) is 13.2. The van der Waals surface area contributed by atoms with Crippen molar-refractivity contribution in [3.05, 3.63) is 40.4 Å². The Morgan fingerprint density at radius 3 is 2.73 bits per heavy atom. The summed E-state index contributed by atoms with van der Waals surface area (Å²) in [6, 6.07) is 6.70. The Morgan fingerprint density at radius 1 is 1.27 bits per heavy atom. The van der Waals surface area contributed by atoms with Gasteiger partial charge in [0.25, 0.3) is 5.91 Å². The lowest BCUT2D eigenvalue weighted by Crippen LogP contribution is -2.15. The van der Waals surface area contributed by atoms with Crippen LogP contribution < -0.4 is 10.6 Å². The number of aryl methyl sites for hydroxylation is 1. The highest BCUT2D eigenvalue weighted by Gasteiger charge is 2.29. The average molecular weight is 373 g/mol. The highest BCUT2D eigenvalue weighted by atomic mass is 32.1. The van der Waals surface area contributed by atoms with Gasteiger partial charge in [-0.1, -0.05) is 17.4 Å². The molecule has 1 aliphatic rings. The maximum Gasteiger partial charge on any atom is 0.350 e. The molecule has 26 heavy (non-hydrogen) atoms. The van der Waals surface area contributed by atoms with Crippen LogP contribution in [-0.2, 0) is 9.53 Å². The van der Waals surface area contributed by atoms with E-state index in [-0.39, 0.29) is 24.3 Å². The van der Waals surface area contributed by atoms with Gasteiger partial charge in [0.1, 0.15) is 4.88 Å². The highest BCUT2D eigenvalue weighted by Crippen LogP contribution is 2.30. The second-order valence-corrected chi connectivity index (χ2v) is 6.95. The number of amides is 2. The first-order valence-electron chi connectivity index (χ1n) is 8.34. The third-order valence-corrected chi connectivity index (χ3v) is 4.87. The number of benzene rings is 1. The van der Waals surface area contributed by atoms with Gasteiger partial charge >= 0.3 is 5.97 Å². The van der Waals surface area contributed by atoms with E-state index in [9.17, 15) is 14.4 Å². The van der Waals surface area contributed by atoms with Crippen LogP contribution in [0.1, 0.15) is 45.5 Å². The van der Waals surface area contributed by atoms with E-state index < -0.39 is 5.97 Å². The third-order valence-electron chi connectivity index (χ3n) is 3.82. The van der Waals surface area contributed by atoms with Gasteiger partial charge in [-0.05, 0) is 44.9 Å². The number of nitrogens with one attached hydrogen (secondary N) is 2. The lowest BCUT2D eigenvalue weighted by molar-refractivity contribution is -0.117. The van der Waals surface area contributed by atoms with Crippen molar-refractivity contribution in [1.29, 1.82) is 0 Å². The monoisotopic (exact) mass is 373 g/mol. The van der Waals surface area contributed by atoms with Crippen LogP contribution in [0.25, 0.3) is 0 Å². The standard InChI is InChI=1S/C18H19N3O4S/c1-3-25-17(24)14-10(2)19-18(26-14)21-16(23)12-5-4-6-13(9-12)20-15(22)11-7-8-11/h4-6,9,11H,3,7-8H2,1-2H3,(H,20,22)(H,19,21,23). The molecule has 136 valence electrons. The van der Waals surface area contributed by atoms with Crippen LogP contribution in [0, 0.1) is 12.8 Å². The summed E-state index contributed by atoms with van der Waals surface area (Å²) in [4.78, 5) is 40.7. The highest BCUT2D eigenvalue weighted by molar-refractivity contribution is 7.17. The molecule has 0 saturated heterocycles. The van der Waals surface area contributed by atoms with Gasteiger partial charge < -0.3 is 10.1 Å². The van der Waals surface area contributed by atoms with Gasteiger partial charge in [0.05, 0.1) is 12.3 Å². The first-order valence-corrected chi connectivity index (χ1v) is 9.16. The van der Waals surface area contributed by atoms with E-state index in [0.717, 1.165) is 24.2 Å². The van der Waals surface area contributed by atoms with Gasteiger partial charge in [0, 0.05) is 17.2 Å². The smallest absolute Gasteiger partial charge is 0.350 e. The maximum atomic E-state index is 12.4. The molecule has 1 aliphatic carbocycles. The predicted molar refractivity (Wildman–Crippen MR) is 98.6 cm³/mol.